The van der Waals surface area contributed by atoms with Gasteiger partial charge in [0.2, 0.25) is 0 Å². The Morgan fingerprint density at radius 2 is 1.65 bits per heavy atom. The van der Waals surface area contributed by atoms with Crippen LogP contribution in [0.4, 0.5) is 0 Å². The van der Waals surface area contributed by atoms with Gasteiger partial charge >= 0.3 is 0 Å². The number of rotatable bonds is 0. The molecule has 1 aromatic heterocycles. The van der Waals surface area contributed by atoms with E-state index in [1.165, 1.54) is 37.8 Å². The highest BCUT2D eigenvalue weighted by Gasteiger charge is 2.08. The van der Waals surface area contributed by atoms with E-state index < -0.39 is 0 Å². The summed E-state index contributed by atoms with van der Waals surface area (Å²) < 4.78 is 4.76. The summed E-state index contributed by atoms with van der Waals surface area (Å²) in [4.78, 5) is 0. The lowest BCUT2D eigenvalue weighted by atomic mass is 9.98. The van der Waals surface area contributed by atoms with Crippen molar-refractivity contribution in [3.05, 3.63) is 59.7 Å². The fourth-order valence-corrected chi connectivity index (χ4v) is 3.87. The third-order valence-electron chi connectivity index (χ3n) is 3.92. The monoisotopic (exact) mass is 275 g/mol. The average molecular weight is 275 g/mol. The average Bonchev–Trinajstić information content (AvgIpc) is 2.47. The van der Waals surface area contributed by atoms with Gasteiger partial charge in [-0.3, -0.25) is 0 Å². The summed E-state index contributed by atoms with van der Waals surface area (Å²) in [6.07, 6.45) is 0. The van der Waals surface area contributed by atoms with Gasteiger partial charge < -0.3 is 0 Å². The van der Waals surface area contributed by atoms with Crippen LogP contribution in [0.5, 0.6) is 0 Å². The number of hydrogen-bond donors (Lipinski definition) is 0. The topological polar surface area (TPSA) is 12.9 Å². The molecule has 0 aliphatic carbocycles. The fourth-order valence-electron chi connectivity index (χ4n) is 2.94. The quantitative estimate of drug-likeness (QED) is 0.373. The van der Waals surface area contributed by atoms with Crippen LogP contribution in [-0.2, 0) is 0 Å². The minimum absolute atomic E-state index is 1.06. The molecule has 3 aromatic carbocycles. The summed E-state index contributed by atoms with van der Waals surface area (Å²) in [5.41, 5.74) is 3.72. The summed E-state index contributed by atoms with van der Waals surface area (Å²) >= 11 is 0. The molecule has 20 heavy (non-hydrogen) atoms. The Morgan fingerprint density at radius 3 is 2.50 bits per heavy atom. The largest absolute Gasteiger partial charge is 0.227 e. The van der Waals surface area contributed by atoms with Gasteiger partial charge in [-0.25, -0.2) is 4.75 Å². The third-order valence-corrected chi connectivity index (χ3v) is 4.82. The van der Waals surface area contributed by atoms with Crippen LogP contribution >= 0.6 is 8.35 Å². The van der Waals surface area contributed by atoms with Gasteiger partial charge in [-0.15, -0.1) is 0 Å². The molecule has 1 heterocycles. The molecule has 4 rings (SSSR count). The Hall–Kier alpha value is -1.98. The first kappa shape index (κ1) is 11.8. The number of aryl methyl sites for hydroxylation is 2. The summed E-state index contributed by atoms with van der Waals surface area (Å²) in [5.74, 6) is 0. The first-order chi connectivity index (χ1) is 9.74. The van der Waals surface area contributed by atoms with E-state index in [0.717, 1.165) is 13.9 Å². The summed E-state index contributed by atoms with van der Waals surface area (Å²) in [6.45, 7) is 4.30. The highest BCUT2D eigenvalue weighted by Crippen LogP contribution is 2.35. The van der Waals surface area contributed by atoms with Crippen molar-refractivity contribution in [2.24, 2.45) is 0 Å². The number of aromatic nitrogens is 1. The highest BCUT2D eigenvalue weighted by atomic mass is 31.0. The van der Waals surface area contributed by atoms with Crippen molar-refractivity contribution < 1.29 is 0 Å². The minimum atomic E-state index is 1.06. The van der Waals surface area contributed by atoms with E-state index in [0.29, 0.717) is 0 Å². The molecule has 0 spiro atoms. The Morgan fingerprint density at radius 1 is 0.850 bits per heavy atom. The molecule has 96 valence electrons. The van der Waals surface area contributed by atoms with Crippen molar-refractivity contribution in [2.45, 2.75) is 13.8 Å². The second-order valence-corrected chi connectivity index (χ2v) is 6.24. The third kappa shape index (κ3) is 1.63. The molecule has 0 aliphatic heterocycles. The van der Waals surface area contributed by atoms with Gasteiger partial charge in [0.15, 0.2) is 0 Å². The molecule has 0 saturated carbocycles. The Bertz CT molecular complexity index is 973. The van der Waals surface area contributed by atoms with Gasteiger partial charge in [0.25, 0.3) is 0 Å². The van der Waals surface area contributed by atoms with Gasteiger partial charge in [-0.2, -0.15) is 0 Å². The summed E-state index contributed by atoms with van der Waals surface area (Å²) in [6, 6.07) is 17.5. The van der Waals surface area contributed by atoms with Gasteiger partial charge in [0, 0.05) is 18.9 Å². The normalized spacial score (nSPS) is 11.9. The number of hydrogen-bond acceptors (Lipinski definition) is 1. The Balaban J connectivity index is 2.34. The van der Waals surface area contributed by atoms with E-state index in [1.807, 2.05) is 0 Å². The smallest absolute Gasteiger partial charge is 0.0767 e. The zero-order valence-electron chi connectivity index (χ0n) is 11.5. The second-order valence-electron chi connectivity index (χ2n) is 5.35. The predicted octanol–water partition coefficient (Wildman–Crippen LogP) is 5.74. The van der Waals surface area contributed by atoms with Gasteiger partial charge in [0.1, 0.15) is 0 Å². The van der Waals surface area contributed by atoms with Gasteiger partial charge in [-0.1, -0.05) is 42.0 Å². The molecule has 0 fully saturated rings. The van der Waals surface area contributed by atoms with Gasteiger partial charge in [-0.05, 0) is 47.7 Å². The maximum absolute atomic E-state index is 4.76. The van der Waals surface area contributed by atoms with Crippen molar-refractivity contribution in [3.8, 4) is 0 Å². The molecule has 2 heteroatoms. The van der Waals surface area contributed by atoms with Crippen molar-refractivity contribution >= 4 is 40.5 Å². The Labute approximate surface area is 119 Å². The van der Waals surface area contributed by atoms with Crippen molar-refractivity contribution in [2.75, 3.05) is 0 Å². The van der Waals surface area contributed by atoms with E-state index in [1.54, 1.807) is 0 Å². The minimum Gasteiger partial charge on any atom is -0.227 e. The standard InChI is InChI=1S/C18H14NP/c1-11-7-8-15-17(9-11)20-19-16-10-12(2)13-5-3-4-6-14(13)18(15)16/h3-10H,1-2H3. The van der Waals surface area contributed by atoms with E-state index in [4.69, 9.17) is 4.75 Å². The van der Waals surface area contributed by atoms with E-state index in [-0.39, 0.29) is 0 Å². The van der Waals surface area contributed by atoms with E-state index in [2.05, 4.69) is 62.4 Å². The SMILES string of the molecule is Cc1ccc2c(c1)pnc1cc(C)c3ccccc3c12. The fraction of sp³-hybridized carbons (Fsp3) is 0.111. The highest BCUT2D eigenvalue weighted by molar-refractivity contribution is 7.32. The number of nitrogens with zero attached hydrogens (tertiary/aromatic N) is 1. The van der Waals surface area contributed by atoms with Crippen LogP contribution in [0.2, 0.25) is 0 Å². The second kappa shape index (κ2) is 4.26. The lowest BCUT2D eigenvalue weighted by molar-refractivity contribution is 1.51. The molecular formula is C18H14NP. The lowest BCUT2D eigenvalue weighted by Gasteiger charge is -2.09. The number of benzene rings is 3. The zero-order chi connectivity index (χ0) is 13.7. The molecule has 0 saturated heterocycles. The first-order valence-corrected chi connectivity index (χ1v) is 7.64. The molecule has 0 unspecified atom stereocenters. The van der Waals surface area contributed by atoms with Crippen molar-refractivity contribution in [3.63, 3.8) is 0 Å². The summed E-state index contributed by atoms with van der Waals surface area (Å²) in [5, 5.41) is 6.57. The summed E-state index contributed by atoms with van der Waals surface area (Å²) in [7, 11) is 1.06. The van der Waals surface area contributed by atoms with Crippen LogP contribution in [0.3, 0.4) is 0 Å². The van der Waals surface area contributed by atoms with Crippen LogP contribution < -0.4 is 0 Å². The maximum atomic E-state index is 4.76. The molecule has 1 nitrogen and oxygen atoms in total. The van der Waals surface area contributed by atoms with Crippen LogP contribution in [0.25, 0.3) is 32.2 Å². The van der Waals surface area contributed by atoms with E-state index >= 15 is 0 Å². The molecule has 0 N–H and O–H groups in total. The molecule has 0 radical (unpaired) electrons. The maximum Gasteiger partial charge on any atom is 0.0767 e. The first-order valence-electron chi connectivity index (χ1n) is 6.79. The van der Waals surface area contributed by atoms with Crippen LogP contribution in [0.1, 0.15) is 11.1 Å². The molecule has 0 atom stereocenters. The molecule has 4 aromatic rings. The lowest BCUT2D eigenvalue weighted by Crippen LogP contribution is -1.85. The van der Waals surface area contributed by atoms with Crippen molar-refractivity contribution in [1.29, 1.82) is 0 Å². The molecule has 0 amide bonds. The zero-order valence-corrected chi connectivity index (χ0v) is 12.4. The van der Waals surface area contributed by atoms with Crippen LogP contribution in [-0.4, -0.2) is 4.75 Å². The molecule has 0 bridgehead atoms. The molecular weight excluding hydrogens is 261 g/mol. The number of fused-ring (bicyclic) bond motifs is 5. The van der Waals surface area contributed by atoms with Crippen LogP contribution in [0, 0.1) is 13.8 Å². The van der Waals surface area contributed by atoms with E-state index in [9.17, 15) is 0 Å². The van der Waals surface area contributed by atoms with Gasteiger partial charge in [0.05, 0.1) is 5.52 Å². The molecule has 0 aliphatic rings. The van der Waals surface area contributed by atoms with Crippen LogP contribution in [0.15, 0.2) is 48.5 Å². The Kier molecular flexibility index (Phi) is 2.52. The van der Waals surface area contributed by atoms with Crippen molar-refractivity contribution in [1.82, 2.24) is 4.75 Å². The predicted molar refractivity (Wildman–Crippen MR) is 88.7 cm³/mol.